The summed E-state index contributed by atoms with van der Waals surface area (Å²) in [6, 6.07) is 10.4. The zero-order valence-corrected chi connectivity index (χ0v) is 16.8. The smallest absolute Gasteiger partial charge is 0.264 e. The molecule has 0 aliphatic carbocycles. The number of carbonyl (C=O) groups excluding carboxylic acids is 1. The minimum absolute atomic E-state index is 0.0489. The first-order valence-electron chi connectivity index (χ1n) is 9.13. The average molecular weight is 385 g/mol. The maximum atomic E-state index is 12.8. The second-order valence-corrected chi connectivity index (χ2v) is 8.00. The molecule has 1 aliphatic heterocycles. The van der Waals surface area contributed by atoms with Crippen LogP contribution in [0.1, 0.15) is 20.9 Å². The van der Waals surface area contributed by atoms with Gasteiger partial charge in [0, 0.05) is 44.8 Å². The van der Waals surface area contributed by atoms with Crippen molar-refractivity contribution in [3.63, 3.8) is 0 Å². The molecule has 4 rings (SSSR count). The molecule has 0 radical (unpaired) electrons. The largest absolute Gasteiger partial charge is 0.378 e. The summed E-state index contributed by atoms with van der Waals surface area (Å²) in [5.74, 6) is 0.0489. The number of fused-ring (bicyclic) bond motifs is 1. The summed E-state index contributed by atoms with van der Waals surface area (Å²) >= 11 is 1.50. The molecule has 142 valence electrons. The SMILES string of the molecule is Cc1nn(C)c2sc(C(=O)N(C)Cc3ccc(N4CCOCC4)cc3)cc12. The highest BCUT2D eigenvalue weighted by Crippen LogP contribution is 2.28. The third-order valence-electron chi connectivity index (χ3n) is 4.99. The predicted octanol–water partition coefficient (Wildman–Crippen LogP) is 3.05. The first kappa shape index (κ1) is 18.0. The number of carbonyl (C=O) groups is 1. The number of thiophene rings is 1. The van der Waals surface area contributed by atoms with Crippen molar-refractivity contribution in [2.24, 2.45) is 7.05 Å². The summed E-state index contributed by atoms with van der Waals surface area (Å²) in [7, 11) is 3.77. The molecule has 0 atom stereocenters. The molecular formula is C20H24N4O2S. The maximum Gasteiger partial charge on any atom is 0.264 e. The van der Waals surface area contributed by atoms with Gasteiger partial charge in [0.2, 0.25) is 0 Å². The molecule has 0 spiro atoms. The van der Waals surface area contributed by atoms with Crippen LogP contribution in [-0.4, -0.2) is 53.9 Å². The van der Waals surface area contributed by atoms with E-state index in [1.165, 1.54) is 17.0 Å². The fourth-order valence-electron chi connectivity index (χ4n) is 3.48. The Morgan fingerprint density at radius 1 is 1.26 bits per heavy atom. The first-order valence-corrected chi connectivity index (χ1v) is 9.95. The summed E-state index contributed by atoms with van der Waals surface area (Å²) in [4.78, 5) is 18.7. The van der Waals surface area contributed by atoms with Crippen molar-refractivity contribution in [2.75, 3.05) is 38.3 Å². The van der Waals surface area contributed by atoms with E-state index in [1.54, 1.807) is 4.90 Å². The second kappa shape index (κ2) is 7.32. The number of nitrogens with zero attached hydrogens (tertiary/aromatic N) is 4. The number of aryl methyl sites for hydroxylation is 2. The van der Waals surface area contributed by atoms with Crippen LogP contribution in [0.25, 0.3) is 10.2 Å². The molecule has 6 nitrogen and oxygen atoms in total. The highest BCUT2D eigenvalue weighted by atomic mass is 32.1. The van der Waals surface area contributed by atoms with Gasteiger partial charge in [-0.25, -0.2) is 0 Å². The molecule has 0 unspecified atom stereocenters. The summed E-state index contributed by atoms with van der Waals surface area (Å²) in [6.07, 6.45) is 0. The highest BCUT2D eigenvalue weighted by Gasteiger charge is 2.18. The molecule has 1 aliphatic rings. The molecule has 3 aromatic rings. The zero-order chi connectivity index (χ0) is 19.0. The van der Waals surface area contributed by atoms with Crippen LogP contribution >= 0.6 is 11.3 Å². The van der Waals surface area contributed by atoms with Crippen LogP contribution in [-0.2, 0) is 18.3 Å². The Morgan fingerprint density at radius 2 is 1.96 bits per heavy atom. The average Bonchev–Trinajstić information content (AvgIpc) is 3.24. The lowest BCUT2D eigenvalue weighted by Gasteiger charge is -2.29. The van der Waals surface area contributed by atoms with E-state index in [0.29, 0.717) is 6.54 Å². The lowest BCUT2D eigenvalue weighted by molar-refractivity contribution is 0.0790. The van der Waals surface area contributed by atoms with Crippen LogP contribution in [0, 0.1) is 6.92 Å². The lowest BCUT2D eigenvalue weighted by Crippen LogP contribution is -2.36. The molecular weight excluding hydrogens is 360 g/mol. The zero-order valence-electron chi connectivity index (χ0n) is 15.9. The number of benzene rings is 1. The normalized spacial score (nSPS) is 14.7. The molecule has 0 bridgehead atoms. The molecule has 1 saturated heterocycles. The third-order valence-corrected chi connectivity index (χ3v) is 6.18. The Hall–Kier alpha value is -2.38. The van der Waals surface area contributed by atoms with Crippen molar-refractivity contribution in [3.8, 4) is 0 Å². The number of morpholine rings is 1. The summed E-state index contributed by atoms with van der Waals surface area (Å²) in [6.45, 7) is 5.99. The van der Waals surface area contributed by atoms with Gasteiger partial charge in [-0.1, -0.05) is 12.1 Å². The minimum Gasteiger partial charge on any atom is -0.378 e. The number of amides is 1. The van der Waals surface area contributed by atoms with Crippen molar-refractivity contribution in [3.05, 3.63) is 46.5 Å². The molecule has 0 saturated carbocycles. The van der Waals surface area contributed by atoms with Crippen molar-refractivity contribution in [1.29, 1.82) is 0 Å². The van der Waals surface area contributed by atoms with E-state index in [1.807, 2.05) is 31.8 Å². The topological polar surface area (TPSA) is 50.6 Å². The quantitative estimate of drug-likeness (QED) is 0.694. The van der Waals surface area contributed by atoms with Gasteiger partial charge in [-0.2, -0.15) is 5.10 Å². The fraction of sp³-hybridized carbons (Fsp3) is 0.400. The van der Waals surface area contributed by atoms with E-state index in [-0.39, 0.29) is 5.91 Å². The van der Waals surface area contributed by atoms with Gasteiger partial charge in [-0.15, -0.1) is 11.3 Å². The van der Waals surface area contributed by atoms with Crippen LogP contribution in [0.3, 0.4) is 0 Å². The Bertz CT molecular complexity index is 920. The van der Waals surface area contributed by atoms with E-state index in [0.717, 1.165) is 52.7 Å². The van der Waals surface area contributed by atoms with Gasteiger partial charge in [0.25, 0.3) is 5.91 Å². The summed E-state index contributed by atoms with van der Waals surface area (Å²) in [5.41, 5.74) is 3.30. The molecule has 3 heterocycles. The Morgan fingerprint density at radius 3 is 2.63 bits per heavy atom. The van der Waals surface area contributed by atoms with Crippen molar-refractivity contribution in [1.82, 2.24) is 14.7 Å². The third kappa shape index (κ3) is 3.57. The van der Waals surface area contributed by atoms with Gasteiger partial charge in [0.05, 0.1) is 23.8 Å². The maximum absolute atomic E-state index is 12.8. The van der Waals surface area contributed by atoms with Gasteiger partial charge < -0.3 is 14.5 Å². The first-order chi connectivity index (χ1) is 13.0. The Balaban J connectivity index is 1.45. The number of ether oxygens (including phenoxy) is 1. The van der Waals surface area contributed by atoms with Crippen molar-refractivity contribution >= 4 is 33.1 Å². The Kier molecular flexibility index (Phi) is 4.88. The fourth-order valence-corrected chi connectivity index (χ4v) is 4.60. The number of hydrogen-bond acceptors (Lipinski definition) is 5. The van der Waals surface area contributed by atoms with Gasteiger partial charge in [-0.05, 0) is 30.7 Å². The van der Waals surface area contributed by atoms with Crippen LogP contribution in [0.5, 0.6) is 0 Å². The van der Waals surface area contributed by atoms with Crippen molar-refractivity contribution < 1.29 is 9.53 Å². The van der Waals surface area contributed by atoms with Crippen LogP contribution < -0.4 is 4.90 Å². The second-order valence-electron chi connectivity index (χ2n) is 6.97. The predicted molar refractivity (Wildman–Crippen MR) is 109 cm³/mol. The molecule has 27 heavy (non-hydrogen) atoms. The number of aromatic nitrogens is 2. The number of hydrogen-bond donors (Lipinski definition) is 0. The Labute approximate surface area is 162 Å². The molecule has 1 aromatic carbocycles. The van der Waals surface area contributed by atoms with Gasteiger partial charge in [0.1, 0.15) is 4.83 Å². The number of anilines is 1. The number of rotatable bonds is 4. The highest BCUT2D eigenvalue weighted by molar-refractivity contribution is 7.20. The monoisotopic (exact) mass is 384 g/mol. The standard InChI is InChI=1S/C20H24N4O2S/c1-14-17-12-18(27-20(17)23(3)21-14)19(25)22(2)13-15-4-6-16(7-5-15)24-8-10-26-11-9-24/h4-7,12H,8-11,13H2,1-3H3. The molecule has 1 amide bonds. The summed E-state index contributed by atoms with van der Waals surface area (Å²) in [5, 5.41) is 5.46. The van der Waals surface area contributed by atoms with Crippen LogP contribution in [0.15, 0.2) is 30.3 Å². The van der Waals surface area contributed by atoms with E-state index in [9.17, 15) is 4.79 Å². The molecule has 2 aromatic heterocycles. The van der Waals surface area contributed by atoms with E-state index in [4.69, 9.17) is 4.74 Å². The lowest BCUT2D eigenvalue weighted by atomic mass is 10.1. The minimum atomic E-state index is 0.0489. The molecule has 1 fully saturated rings. The van der Waals surface area contributed by atoms with E-state index in [2.05, 4.69) is 34.3 Å². The van der Waals surface area contributed by atoms with Crippen LogP contribution in [0.4, 0.5) is 5.69 Å². The van der Waals surface area contributed by atoms with Crippen LogP contribution in [0.2, 0.25) is 0 Å². The van der Waals surface area contributed by atoms with Gasteiger partial charge in [-0.3, -0.25) is 9.48 Å². The van der Waals surface area contributed by atoms with E-state index < -0.39 is 0 Å². The van der Waals surface area contributed by atoms with Gasteiger partial charge >= 0.3 is 0 Å². The molecule has 0 N–H and O–H groups in total. The molecule has 7 heteroatoms. The van der Waals surface area contributed by atoms with Crippen molar-refractivity contribution in [2.45, 2.75) is 13.5 Å². The van der Waals surface area contributed by atoms with E-state index >= 15 is 0 Å². The van der Waals surface area contributed by atoms with Gasteiger partial charge in [0.15, 0.2) is 0 Å². The summed E-state index contributed by atoms with van der Waals surface area (Å²) < 4.78 is 7.25.